The summed E-state index contributed by atoms with van der Waals surface area (Å²) in [5.74, 6) is -0.244. The topological polar surface area (TPSA) is 69.7 Å². The van der Waals surface area contributed by atoms with Gasteiger partial charge < -0.3 is 15.1 Å². The summed E-state index contributed by atoms with van der Waals surface area (Å²) in [5.41, 5.74) is 3.13. The van der Waals surface area contributed by atoms with Gasteiger partial charge in [-0.15, -0.1) is 0 Å². The van der Waals surface area contributed by atoms with E-state index in [0.717, 1.165) is 29.7 Å². The van der Waals surface area contributed by atoms with Crippen LogP contribution in [0.15, 0.2) is 18.2 Å². The Kier molecular flexibility index (Phi) is 5.82. The number of amides is 3. The average Bonchev–Trinajstić information content (AvgIpc) is 3.05. The van der Waals surface area contributed by atoms with Gasteiger partial charge in [-0.05, 0) is 43.9 Å². The van der Waals surface area contributed by atoms with E-state index in [0.29, 0.717) is 26.1 Å². The van der Waals surface area contributed by atoms with Gasteiger partial charge in [-0.3, -0.25) is 14.4 Å². The van der Waals surface area contributed by atoms with E-state index < -0.39 is 0 Å². The molecular weight excluding hydrogens is 342 g/mol. The zero-order valence-electron chi connectivity index (χ0n) is 16.5. The second-order valence-corrected chi connectivity index (χ2v) is 7.67. The van der Waals surface area contributed by atoms with Crippen LogP contribution in [0.3, 0.4) is 0 Å². The van der Waals surface area contributed by atoms with Crippen LogP contribution in [0, 0.1) is 19.8 Å². The van der Waals surface area contributed by atoms with Crippen LogP contribution in [0.4, 0.5) is 5.69 Å². The van der Waals surface area contributed by atoms with E-state index in [4.69, 9.17) is 0 Å². The fourth-order valence-corrected chi connectivity index (χ4v) is 4.02. The molecule has 2 aliphatic heterocycles. The first-order valence-corrected chi connectivity index (χ1v) is 9.85. The van der Waals surface area contributed by atoms with Gasteiger partial charge in [0.1, 0.15) is 0 Å². The fourth-order valence-electron chi connectivity index (χ4n) is 4.02. The van der Waals surface area contributed by atoms with Gasteiger partial charge in [0.05, 0.1) is 5.92 Å². The molecule has 0 saturated carbocycles. The molecule has 2 unspecified atom stereocenters. The van der Waals surface area contributed by atoms with Crippen molar-refractivity contribution in [1.82, 2.24) is 10.2 Å². The second-order valence-electron chi connectivity index (χ2n) is 7.67. The van der Waals surface area contributed by atoms with E-state index in [1.165, 1.54) is 0 Å². The number of anilines is 1. The van der Waals surface area contributed by atoms with Crippen molar-refractivity contribution in [3.8, 4) is 0 Å². The summed E-state index contributed by atoms with van der Waals surface area (Å²) in [6.07, 6.45) is 2.48. The smallest absolute Gasteiger partial charge is 0.228 e. The monoisotopic (exact) mass is 371 g/mol. The molecule has 0 radical (unpaired) electrons. The quantitative estimate of drug-likeness (QED) is 0.882. The lowest BCUT2D eigenvalue weighted by Crippen LogP contribution is -2.51. The molecule has 0 bridgehead atoms. The van der Waals surface area contributed by atoms with Crippen LogP contribution in [0.1, 0.15) is 43.7 Å². The van der Waals surface area contributed by atoms with Gasteiger partial charge in [-0.25, -0.2) is 0 Å². The van der Waals surface area contributed by atoms with E-state index >= 15 is 0 Å². The Bertz CT molecular complexity index is 746. The second kappa shape index (κ2) is 8.11. The third kappa shape index (κ3) is 4.15. The van der Waals surface area contributed by atoms with Crippen LogP contribution in [0.5, 0.6) is 0 Å². The standard InChI is InChI=1S/C21H29N3O3/c1-4-19(25)22-17-8-6-10-23(13-17)21(27)16-11-20(26)24(12-16)18-9-5-7-14(2)15(18)3/h5,7,9,16-17H,4,6,8,10-13H2,1-3H3,(H,22,25). The minimum atomic E-state index is -0.307. The van der Waals surface area contributed by atoms with Crippen LogP contribution in [0.25, 0.3) is 0 Å². The molecule has 146 valence electrons. The summed E-state index contributed by atoms with van der Waals surface area (Å²) in [6.45, 7) is 7.54. The number of nitrogens with zero attached hydrogens (tertiary/aromatic N) is 2. The third-order valence-electron chi connectivity index (χ3n) is 5.76. The molecule has 3 amide bonds. The number of benzene rings is 1. The number of aryl methyl sites for hydroxylation is 1. The lowest BCUT2D eigenvalue weighted by molar-refractivity contribution is -0.137. The highest BCUT2D eigenvalue weighted by Gasteiger charge is 2.38. The van der Waals surface area contributed by atoms with Crippen LogP contribution < -0.4 is 10.2 Å². The minimum Gasteiger partial charge on any atom is -0.352 e. The summed E-state index contributed by atoms with van der Waals surface area (Å²) in [6, 6.07) is 5.94. The first kappa shape index (κ1) is 19.4. The molecule has 0 spiro atoms. The van der Waals surface area contributed by atoms with Crippen molar-refractivity contribution >= 4 is 23.4 Å². The summed E-state index contributed by atoms with van der Waals surface area (Å²) in [5, 5.41) is 2.99. The average molecular weight is 371 g/mol. The summed E-state index contributed by atoms with van der Waals surface area (Å²) in [7, 11) is 0. The largest absolute Gasteiger partial charge is 0.352 e. The fraction of sp³-hybridized carbons (Fsp3) is 0.571. The first-order chi connectivity index (χ1) is 12.9. The molecule has 6 nitrogen and oxygen atoms in total. The number of rotatable bonds is 4. The van der Waals surface area contributed by atoms with E-state index in [2.05, 4.69) is 5.32 Å². The zero-order chi connectivity index (χ0) is 19.6. The predicted molar refractivity (Wildman–Crippen MR) is 104 cm³/mol. The molecule has 2 fully saturated rings. The van der Waals surface area contributed by atoms with Crippen molar-refractivity contribution in [1.29, 1.82) is 0 Å². The molecule has 6 heteroatoms. The SMILES string of the molecule is CCC(=O)NC1CCCN(C(=O)C2CC(=O)N(c3cccc(C)c3C)C2)C1. The number of piperidine rings is 1. The molecule has 0 aromatic heterocycles. The van der Waals surface area contributed by atoms with Crippen molar-refractivity contribution < 1.29 is 14.4 Å². The van der Waals surface area contributed by atoms with Gasteiger partial charge in [0.25, 0.3) is 0 Å². The van der Waals surface area contributed by atoms with Crippen molar-refractivity contribution in [3.05, 3.63) is 29.3 Å². The van der Waals surface area contributed by atoms with Crippen LogP contribution in [-0.4, -0.2) is 48.3 Å². The van der Waals surface area contributed by atoms with Gasteiger partial charge in [-0.1, -0.05) is 19.1 Å². The van der Waals surface area contributed by atoms with Crippen LogP contribution >= 0.6 is 0 Å². The van der Waals surface area contributed by atoms with Gasteiger partial charge in [0.15, 0.2) is 0 Å². The molecule has 1 N–H and O–H groups in total. The highest BCUT2D eigenvalue weighted by molar-refractivity contribution is 6.01. The lowest BCUT2D eigenvalue weighted by atomic mass is 10.0. The molecule has 2 atom stereocenters. The van der Waals surface area contributed by atoms with E-state index in [1.54, 1.807) is 4.90 Å². The summed E-state index contributed by atoms with van der Waals surface area (Å²) >= 11 is 0. The van der Waals surface area contributed by atoms with Gasteiger partial charge in [0, 0.05) is 44.2 Å². The Morgan fingerprint density at radius 2 is 2.00 bits per heavy atom. The van der Waals surface area contributed by atoms with E-state index in [9.17, 15) is 14.4 Å². The number of carbonyl (C=O) groups excluding carboxylic acids is 3. The Morgan fingerprint density at radius 1 is 1.22 bits per heavy atom. The molecule has 2 aliphatic rings. The molecule has 0 aliphatic carbocycles. The van der Waals surface area contributed by atoms with Gasteiger partial charge in [0.2, 0.25) is 17.7 Å². The number of hydrogen-bond donors (Lipinski definition) is 1. The Labute approximate surface area is 160 Å². The Morgan fingerprint density at radius 3 is 2.74 bits per heavy atom. The molecular formula is C21H29N3O3. The van der Waals surface area contributed by atoms with Crippen LogP contribution in [-0.2, 0) is 14.4 Å². The normalized spacial score (nSPS) is 22.9. The van der Waals surface area contributed by atoms with Crippen LogP contribution in [0.2, 0.25) is 0 Å². The van der Waals surface area contributed by atoms with Crippen molar-refractivity contribution in [3.63, 3.8) is 0 Å². The van der Waals surface area contributed by atoms with Crippen molar-refractivity contribution in [2.45, 2.75) is 52.5 Å². The van der Waals surface area contributed by atoms with Gasteiger partial charge >= 0.3 is 0 Å². The third-order valence-corrected chi connectivity index (χ3v) is 5.76. The van der Waals surface area contributed by atoms with Gasteiger partial charge in [-0.2, -0.15) is 0 Å². The number of likely N-dealkylation sites (tertiary alicyclic amines) is 1. The molecule has 1 aromatic rings. The van der Waals surface area contributed by atoms with Crippen molar-refractivity contribution in [2.24, 2.45) is 5.92 Å². The highest BCUT2D eigenvalue weighted by atomic mass is 16.2. The highest BCUT2D eigenvalue weighted by Crippen LogP contribution is 2.30. The molecule has 2 heterocycles. The maximum Gasteiger partial charge on any atom is 0.228 e. The number of hydrogen-bond acceptors (Lipinski definition) is 3. The minimum absolute atomic E-state index is 0.00916. The first-order valence-electron chi connectivity index (χ1n) is 9.85. The molecule has 27 heavy (non-hydrogen) atoms. The van der Waals surface area contributed by atoms with E-state index in [-0.39, 0.29) is 36.1 Å². The maximum absolute atomic E-state index is 13.0. The summed E-state index contributed by atoms with van der Waals surface area (Å²) in [4.78, 5) is 40.8. The number of carbonyl (C=O) groups is 3. The maximum atomic E-state index is 13.0. The van der Waals surface area contributed by atoms with E-state index in [1.807, 2.05) is 43.9 Å². The van der Waals surface area contributed by atoms with Crippen molar-refractivity contribution in [2.75, 3.05) is 24.5 Å². The Hall–Kier alpha value is -2.37. The summed E-state index contributed by atoms with van der Waals surface area (Å²) < 4.78 is 0. The molecule has 3 rings (SSSR count). The molecule has 1 aromatic carbocycles. The molecule has 2 saturated heterocycles. The predicted octanol–water partition coefficient (Wildman–Crippen LogP) is 2.17. The number of nitrogens with one attached hydrogen (secondary N) is 1. The Balaban J connectivity index is 1.67. The lowest BCUT2D eigenvalue weighted by Gasteiger charge is -2.34. The zero-order valence-corrected chi connectivity index (χ0v) is 16.5.